The summed E-state index contributed by atoms with van der Waals surface area (Å²) < 4.78 is 1.82. The third-order valence-corrected chi connectivity index (χ3v) is 12.0. The molecule has 0 heterocycles. The van der Waals surface area contributed by atoms with Crippen molar-refractivity contribution < 1.29 is 0 Å². The summed E-state index contributed by atoms with van der Waals surface area (Å²) in [6, 6.07) is 6.75. The predicted molar refractivity (Wildman–Crippen MR) is 93.7 cm³/mol. The molecule has 0 radical (unpaired) electrons. The standard InChI is InChI=1S/C12H4Cl6Se2/c13-5-1-7(15)11(8(16)2-5)19-20-12-9(17)3-6(14)4-10(12)18/h1-4H. The molecule has 2 aromatic rings. The molecule has 0 saturated heterocycles. The zero-order chi connectivity index (χ0) is 14.9. The molecule has 0 amide bonds. The van der Waals surface area contributed by atoms with Crippen molar-refractivity contribution in [2.45, 2.75) is 0 Å². The maximum absolute atomic E-state index is 6.18. The van der Waals surface area contributed by atoms with E-state index in [2.05, 4.69) is 0 Å². The van der Waals surface area contributed by atoms with Crippen molar-refractivity contribution in [2.75, 3.05) is 0 Å². The molecule has 0 aliphatic carbocycles. The zero-order valence-electron chi connectivity index (χ0n) is 9.39. The fourth-order valence-electron chi connectivity index (χ4n) is 1.30. The van der Waals surface area contributed by atoms with Gasteiger partial charge in [0.15, 0.2) is 0 Å². The van der Waals surface area contributed by atoms with Crippen LogP contribution in [0.1, 0.15) is 0 Å². The molecule has 0 N–H and O–H groups in total. The van der Waals surface area contributed by atoms with Gasteiger partial charge < -0.3 is 0 Å². The van der Waals surface area contributed by atoms with Crippen molar-refractivity contribution in [3.05, 3.63) is 54.4 Å². The van der Waals surface area contributed by atoms with E-state index in [0.29, 0.717) is 30.1 Å². The normalized spacial score (nSPS) is 10.9. The van der Waals surface area contributed by atoms with Gasteiger partial charge in [0.05, 0.1) is 0 Å². The number of benzene rings is 2. The molecule has 0 aliphatic rings. The van der Waals surface area contributed by atoms with E-state index in [4.69, 9.17) is 69.6 Å². The predicted octanol–water partition coefficient (Wildman–Crippen LogP) is 4.88. The Hall–Kier alpha value is 1.22. The van der Waals surface area contributed by atoms with Crippen LogP contribution in [-0.2, 0) is 0 Å². The first-order valence-corrected chi connectivity index (χ1v) is 13.3. The molecule has 0 aromatic heterocycles. The number of halogens is 6. The first kappa shape index (κ1) is 17.6. The Bertz CT molecular complexity index is 555. The molecule has 0 saturated carbocycles. The minimum atomic E-state index is 0.0485. The summed E-state index contributed by atoms with van der Waals surface area (Å²) in [5, 5.41) is 3.34. The van der Waals surface area contributed by atoms with E-state index in [1.54, 1.807) is 24.3 Å². The van der Waals surface area contributed by atoms with Crippen molar-refractivity contribution in [2.24, 2.45) is 0 Å². The van der Waals surface area contributed by atoms with E-state index in [0.717, 1.165) is 8.92 Å². The fraction of sp³-hybridized carbons (Fsp3) is 0. The van der Waals surface area contributed by atoms with Crippen LogP contribution in [0.4, 0.5) is 0 Å². The Morgan fingerprint density at radius 1 is 0.500 bits per heavy atom. The average Bonchev–Trinajstić information content (AvgIpc) is 2.30. The van der Waals surface area contributed by atoms with Gasteiger partial charge in [-0.3, -0.25) is 0 Å². The Kier molecular flexibility index (Phi) is 6.73. The zero-order valence-corrected chi connectivity index (χ0v) is 17.4. The molecule has 0 spiro atoms. The van der Waals surface area contributed by atoms with Crippen LogP contribution in [0, 0.1) is 0 Å². The Morgan fingerprint density at radius 3 is 1.00 bits per heavy atom. The fourth-order valence-corrected chi connectivity index (χ4v) is 13.1. The molecular weight excluding hydrogens is 515 g/mol. The van der Waals surface area contributed by atoms with Crippen molar-refractivity contribution in [1.29, 1.82) is 0 Å². The molecule has 2 aromatic carbocycles. The molecule has 106 valence electrons. The van der Waals surface area contributed by atoms with Gasteiger partial charge in [-0.1, -0.05) is 0 Å². The molecule has 0 bridgehead atoms. The second kappa shape index (κ2) is 7.66. The van der Waals surface area contributed by atoms with E-state index in [1.807, 2.05) is 0 Å². The molecule has 20 heavy (non-hydrogen) atoms. The monoisotopic (exact) mass is 518 g/mol. The molecular formula is C12H4Cl6Se2. The Labute approximate surface area is 157 Å². The molecule has 0 nitrogen and oxygen atoms in total. The first-order chi connectivity index (χ1) is 9.38. The van der Waals surface area contributed by atoms with Crippen molar-refractivity contribution in [1.82, 2.24) is 0 Å². The van der Waals surface area contributed by atoms with Crippen LogP contribution in [0.2, 0.25) is 30.1 Å². The molecule has 0 aliphatic heterocycles. The van der Waals surface area contributed by atoms with E-state index < -0.39 is 0 Å². The van der Waals surface area contributed by atoms with Gasteiger partial charge in [0.1, 0.15) is 0 Å². The van der Waals surface area contributed by atoms with Crippen LogP contribution in [0.25, 0.3) is 0 Å². The summed E-state index contributed by atoms with van der Waals surface area (Å²) in [7, 11) is 0. The van der Waals surface area contributed by atoms with Gasteiger partial charge in [0, 0.05) is 0 Å². The summed E-state index contributed by atoms with van der Waals surface area (Å²) in [6.07, 6.45) is 0. The number of rotatable bonds is 3. The van der Waals surface area contributed by atoms with Crippen LogP contribution in [0.3, 0.4) is 0 Å². The molecule has 8 heteroatoms. The summed E-state index contributed by atoms with van der Waals surface area (Å²) in [5.41, 5.74) is 0. The maximum atomic E-state index is 6.18. The van der Waals surface area contributed by atoms with Gasteiger partial charge in [-0.25, -0.2) is 0 Å². The molecule has 0 fully saturated rings. The third kappa shape index (κ3) is 4.37. The van der Waals surface area contributed by atoms with Gasteiger partial charge in [-0.15, -0.1) is 0 Å². The quantitative estimate of drug-likeness (QED) is 0.508. The van der Waals surface area contributed by atoms with Gasteiger partial charge in [-0.05, 0) is 0 Å². The number of hydrogen-bond donors (Lipinski definition) is 0. The van der Waals surface area contributed by atoms with Crippen LogP contribution in [0.5, 0.6) is 0 Å². The second-order valence-corrected chi connectivity index (χ2v) is 12.1. The van der Waals surface area contributed by atoms with Gasteiger partial charge >= 0.3 is 159 Å². The minimum absolute atomic E-state index is 0.0485. The molecule has 0 unspecified atom stereocenters. The SMILES string of the molecule is Clc1cc(Cl)c([Se][Se]c2c(Cl)cc(Cl)cc2Cl)c(Cl)c1. The third-order valence-electron chi connectivity index (χ3n) is 2.13. The summed E-state index contributed by atoms with van der Waals surface area (Å²) in [5.74, 6) is 0. The van der Waals surface area contributed by atoms with Gasteiger partial charge in [0.25, 0.3) is 0 Å². The van der Waals surface area contributed by atoms with Gasteiger partial charge in [0.2, 0.25) is 0 Å². The van der Waals surface area contributed by atoms with Crippen LogP contribution >= 0.6 is 69.6 Å². The molecule has 2 rings (SSSR count). The van der Waals surface area contributed by atoms with Crippen molar-refractivity contribution in [3.63, 3.8) is 0 Å². The number of hydrogen-bond acceptors (Lipinski definition) is 0. The second-order valence-electron chi connectivity index (χ2n) is 3.56. The van der Waals surface area contributed by atoms with Crippen molar-refractivity contribution in [3.8, 4) is 0 Å². The van der Waals surface area contributed by atoms with Crippen molar-refractivity contribution >= 4 is 105 Å². The summed E-state index contributed by atoms with van der Waals surface area (Å²) in [4.78, 5) is 0. The average molecular weight is 519 g/mol. The van der Waals surface area contributed by atoms with Crippen LogP contribution in [0.15, 0.2) is 24.3 Å². The Morgan fingerprint density at radius 2 is 0.750 bits per heavy atom. The summed E-state index contributed by atoms with van der Waals surface area (Å²) in [6.45, 7) is 0. The molecule has 0 atom stereocenters. The van der Waals surface area contributed by atoms with Crippen LogP contribution < -0.4 is 8.92 Å². The van der Waals surface area contributed by atoms with Crippen LogP contribution in [-0.4, -0.2) is 26.3 Å². The van der Waals surface area contributed by atoms with E-state index in [9.17, 15) is 0 Å². The van der Waals surface area contributed by atoms with Gasteiger partial charge in [-0.2, -0.15) is 0 Å². The summed E-state index contributed by atoms with van der Waals surface area (Å²) >= 11 is 36.6. The Balaban J connectivity index is 2.26. The first-order valence-electron chi connectivity index (χ1n) is 5.02. The van der Waals surface area contributed by atoms with E-state index in [-0.39, 0.29) is 26.3 Å². The van der Waals surface area contributed by atoms with E-state index >= 15 is 0 Å². The topological polar surface area (TPSA) is 0 Å². The van der Waals surface area contributed by atoms with E-state index in [1.165, 1.54) is 0 Å².